The van der Waals surface area contributed by atoms with Crippen LogP contribution in [0, 0.1) is 5.82 Å². The summed E-state index contributed by atoms with van der Waals surface area (Å²) >= 11 is 0. The molecule has 1 fully saturated rings. The van der Waals surface area contributed by atoms with E-state index in [1.807, 2.05) is 24.3 Å². The molecule has 2 aromatic carbocycles. The molecule has 2 heterocycles. The smallest absolute Gasteiger partial charge is 0.170 e. The van der Waals surface area contributed by atoms with Crippen molar-refractivity contribution in [1.29, 1.82) is 0 Å². The van der Waals surface area contributed by atoms with Crippen LogP contribution in [0.4, 0.5) is 4.39 Å². The van der Waals surface area contributed by atoms with Gasteiger partial charge in [-0.15, -0.1) is 0 Å². The van der Waals surface area contributed by atoms with Crippen molar-refractivity contribution in [3.63, 3.8) is 0 Å². The number of benzene rings is 2. The van der Waals surface area contributed by atoms with Crippen LogP contribution in [0.3, 0.4) is 0 Å². The summed E-state index contributed by atoms with van der Waals surface area (Å²) in [6.07, 6.45) is 7.83. The predicted molar refractivity (Wildman–Crippen MR) is 109 cm³/mol. The molecule has 1 aromatic heterocycles. The van der Waals surface area contributed by atoms with E-state index in [0.29, 0.717) is 5.58 Å². The van der Waals surface area contributed by atoms with E-state index >= 15 is 0 Å². The maximum atomic E-state index is 13.3. The van der Waals surface area contributed by atoms with Crippen LogP contribution >= 0.6 is 0 Å². The summed E-state index contributed by atoms with van der Waals surface area (Å²) < 4.78 is 24.4. The number of aromatic nitrogens is 1. The van der Waals surface area contributed by atoms with Gasteiger partial charge in [0, 0.05) is 23.6 Å². The van der Waals surface area contributed by atoms with Crippen molar-refractivity contribution in [3.8, 4) is 17.0 Å². The number of likely N-dealkylation sites (tertiary alicyclic amines) is 1. The van der Waals surface area contributed by atoms with Crippen LogP contribution in [0.1, 0.15) is 38.5 Å². The predicted octanol–water partition coefficient (Wildman–Crippen LogP) is 5.67. The summed E-state index contributed by atoms with van der Waals surface area (Å²) in [5.41, 5.74) is 2.11. The minimum Gasteiger partial charge on any atom is -0.494 e. The van der Waals surface area contributed by atoms with Gasteiger partial charge in [-0.1, -0.05) is 24.4 Å². The first-order valence-electron chi connectivity index (χ1n) is 10.3. The molecule has 0 spiro atoms. The van der Waals surface area contributed by atoms with Gasteiger partial charge >= 0.3 is 0 Å². The lowest BCUT2D eigenvalue weighted by Crippen LogP contribution is -2.29. The third-order valence-electron chi connectivity index (χ3n) is 5.40. The molecular formula is C23H27FN2O2. The fraction of sp³-hybridized carbons (Fsp3) is 0.435. The fourth-order valence-corrected chi connectivity index (χ4v) is 3.84. The summed E-state index contributed by atoms with van der Waals surface area (Å²) in [5.74, 6) is 0.532. The van der Waals surface area contributed by atoms with Crippen molar-refractivity contribution in [2.24, 2.45) is 0 Å². The molecule has 3 aromatic rings. The molecule has 1 aliphatic rings. The fourth-order valence-electron chi connectivity index (χ4n) is 3.84. The number of hydrogen-bond donors (Lipinski definition) is 0. The molecule has 148 valence electrons. The number of ether oxygens (including phenoxy) is 1. The summed E-state index contributed by atoms with van der Waals surface area (Å²) in [6, 6.07) is 12.3. The Morgan fingerprint density at radius 1 is 0.964 bits per heavy atom. The second-order valence-corrected chi connectivity index (χ2v) is 7.51. The molecule has 0 aliphatic carbocycles. The van der Waals surface area contributed by atoms with E-state index in [-0.39, 0.29) is 5.82 Å². The van der Waals surface area contributed by atoms with Gasteiger partial charge in [0.1, 0.15) is 17.3 Å². The minimum absolute atomic E-state index is 0.324. The van der Waals surface area contributed by atoms with E-state index in [0.717, 1.165) is 42.0 Å². The van der Waals surface area contributed by atoms with E-state index in [1.165, 1.54) is 57.3 Å². The lowest BCUT2D eigenvalue weighted by Gasteiger charge is -2.24. The van der Waals surface area contributed by atoms with Crippen molar-refractivity contribution >= 4 is 11.0 Å². The molecule has 0 amide bonds. The average Bonchev–Trinajstić information content (AvgIpc) is 3.10. The Hall–Kier alpha value is -2.40. The minimum atomic E-state index is -0.324. The Labute approximate surface area is 165 Å². The van der Waals surface area contributed by atoms with Crippen LogP contribution in [0.25, 0.3) is 22.2 Å². The van der Waals surface area contributed by atoms with E-state index in [9.17, 15) is 4.39 Å². The van der Waals surface area contributed by atoms with E-state index in [2.05, 4.69) is 10.1 Å². The molecule has 0 radical (unpaired) electrons. The van der Waals surface area contributed by atoms with Crippen molar-refractivity contribution in [2.75, 3.05) is 26.2 Å². The highest BCUT2D eigenvalue weighted by Gasteiger charge is 2.11. The zero-order valence-electron chi connectivity index (χ0n) is 16.2. The molecule has 28 heavy (non-hydrogen) atoms. The van der Waals surface area contributed by atoms with Crippen molar-refractivity contribution < 1.29 is 13.7 Å². The topological polar surface area (TPSA) is 38.5 Å². The lowest BCUT2D eigenvalue weighted by molar-refractivity contribution is 0.218. The maximum Gasteiger partial charge on any atom is 0.170 e. The zero-order chi connectivity index (χ0) is 19.2. The van der Waals surface area contributed by atoms with Crippen molar-refractivity contribution in [3.05, 3.63) is 48.3 Å². The van der Waals surface area contributed by atoms with Crippen LogP contribution in [0.15, 0.2) is 47.0 Å². The van der Waals surface area contributed by atoms with E-state index in [1.54, 1.807) is 6.07 Å². The first-order valence-corrected chi connectivity index (χ1v) is 10.3. The molecule has 0 unspecified atom stereocenters. The van der Waals surface area contributed by atoms with Crippen LogP contribution in [0.5, 0.6) is 5.75 Å². The van der Waals surface area contributed by atoms with Gasteiger partial charge < -0.3 is 14.2 Å². The first kappa shape index (κ1) is 18.9. The molecule has 0 N–H and O–H groups in total. The second kappa shape index (κ2) is 9.20. The summed E-state index contributed by atoms with van der Waals surface area (Å²) in [4.78, 5) is 2.57. The van der Waals surface area contributed by atoms with Gasteiger partial charge in [0.05, 0.1) is 6.61 Å². The van der Waals surface area contributed by atoms with Gasteiger partial charge in [0.15, 0.2) is 5.58 Å². The molecule has 0 atom stereocenters. The number of halogens is 1. The van der Waals surface area contributed by atoms with Crippen LogP contribution in [0.2, 0.25) is 0 Å². The largest absolute Gasteiger partial charge is 0.494 e. The number of rotatable bonds is 6. The molecule has 0 saturated carbocycles. The number of nitrogens with zero attached hydrogens (tertiary/aromatic N) is 2. The molecule has 1 aliphatic heterocycles. The van der Waals surface area contributed by atoms with Gasteiger partial charge in [-0.05, 0) is 68.8 Å². The molecular weight excluding hydrogens is 355 g/mol. The molecule has 1 saturated heterocycles. The van der Waals surface area contributed by atoms with Gasteiger partial charge in [-0.3, -0.25) is 0 Å². The summed E-state index contributed by atoms with van der Waals surface area (Å²) in [5, 5.41) is 4.90. The Kier molecular flexibility index (Phi) is 6.22. The third-order valence-corrected chi connectivity index (χ3v) is 5.40. The molecule has 5 heteroatoms. The number of hydrogen-bond acceptors (Lipinski definition) is 4. The quantitative estimate of drug-likeness (QED) is 0.515. The van der Waals surface area contributed by atoms with Gasteiger partial charge in [0.25, 0.3) is 0 Å². The number of fused-ring (bicyclic) bond motifs is 1. The van der Waals surface area contributed by atoms with E-state index < -0.39 is 0 Å². The normalized spacial score (nSPS) is 16.0. The summed E-state index contributed by atoms with van der Waals surface area (Å²) in [7, 11) is 0. The SMILES string of the molecule is Fc1ccc2c(-c3ccc(OCCCN4CCCCCCC4)cc3)noc2c1. The van der Waals surface area contributed by atoms with Crippen molar-refractivity contribution in [1.82, 2.24) is 10.1 Å². The molecule has 4 rings (SSSR count). The standard InChI is InChI=1S/C23H27FN2O2/c24-19-9-12-21-22(17-19)28-25-23(21)18-7-10-20(11-8-18)27-16-6-15-26-13-4-2-1-3-5-14-26/h7-12,17H,1-6,13-16H2. The van der Waals surface area contributed by atoms with Crippen LogP contribution in [-0.2, 0) is 0 Å². The van der Waals surface area contributed by atoms with Gasteiger partial charge in [-0.25, -0.2) is 4.39 Å². The highest BCUT2D eigenvalue weighted by molar-refractivity contribution is 5.91. The maximum absolute atomic E-state index is 13.3. The Balaban J connectivity index is 1.29. The monoisotopic (exact) mass is 382 g/mol. The molecule has 0 bridgehead atoms. The third kappa shape index (κ3) is 4.71. The second-order valence-electron chi connectivity index (χ2n) is 7.51. The van der Waals surface area contributed by atoms with Crippen molar-refractivity contribution in [2.45, 2.75) is 38.5 Å². The highest BCUT2D eigenvalue weighted by atomic mass is 19.1. The molecule has 4 nitrogen and oxygen atoms in total. The van der Waals surface area contributed by atoms with E-state index in [4.69, 9.17) is 9.26 Å². The Morgan fingerprint density at radius 3 is 2.50 bits per heavy atom. The lowest BCUT2D eigenvalue weighted by atomic mass is 10.1. The average molecular weight is 382 g/mol. The first-order chi connectivity index (χ1) is 13.8. The summed E-state index contributed by atoms with van der Waals surface area (Å²) in [6.45, 7) is 4.29. The van der Waals surface area contributed by atoms with Gasteiger partial charge in [-0.2, -0.15) is 0 Å². The zero-order valence-corrected chi connectivity index (χ0v) is 16.2. The Bertz CT molecular complexity index is 883. The van der Waals surface area contributed by atoms with Crippen LogP contribution in [-0.4, -0.2) is 36.3 Å². The van der Waals surface area contributed by atoms with Crippen LogP contribution < -0.4 is 4.74 Å². The highest BCUT2D eigenvalue weighted by Crippen LogP contribution is 2.29. The Morgan fingerprint density at radius 2 is 1.71 bits per heavy atom. The van der Waals surface area contributed by atoms with Gasteiger partial charge in [0.2, 0.25) is 0 Å².